The zero-order chi connectivity index (χ0) is 37.5. The van der Waals surface area contributed by atoms with Crippen LogP contribution in [0.15, 0.2) is 12.3 Å². The van der Waals surface area contributed by atoms with Crippen molar-refractivity contribution in [1.82, 2.24) is 4.90 Å². The van der Waals surface area contributed by atoms with Gasteiger partial charge in [-0.15, -0.1) is 0 Å². The predicted molar refractivity (Wildman–Crippen MR) is 222 cm³/mol. The van der Waals surface area contributed by atoms with E-state index in [9.17, 15) is 9.90 Å². The van der Waals surface area contributed by atoms with E-state index in [1.807, 2.05) is 0 Å². The molecule has 0 heterocycles. The highest BCUT2D eigenvalue weighted by atomic mass is 16.5. The molecule has 0 aromatic rings. The molecular formula is C46H91NO4. The number of ether oxygens (including phenoxy) is 2. The summed E-state index contributed by atoms with van der Waals surface area (Å²) in [4.78, 5) is 15.2. The molecule has 1 N–H and O–H groups in total. The summed E-state index contributed by atoms with van der Waals surface area (Å²) in [5.41, 5.74) is 0. The van der Waals surface area contributed by atoms with Gasteiger partial charge in [-0.3, -0.25) is 9.69 Å². The number of rotatable bonds is 42. The third kappa shape index (κ3) is 35.7. The second-order valence-corrected chi connectivity index (χ2v) is 15.8. The van der Waals surface area contributed by atoms with Gasteiger partial charge in [-0.2, -0.15) is 0 Å². The molecule has 304 valence electrons. The quantitative estimate of drug-likeness (QED) is 0.0386. The van der Waals surface area contributed by atoms with Crippen LogP contribution in [0.1, 0.15) is 240 Å². The number of aliphatic hydroxyl groups is 1. The van der Waals surface area contributed by atoms with Gasteiger partial charge in [-0.25, -0.2) is 0 Å². The van der Waals surface area contributed by atoms with Crippen molar-refractivity contribution in [1.29, 1.82) is 0 Å². The molecule has 0 aliphatic heterocycles. The van der Waals surface area contributed by atoms with E-state index in [1.165, 1.54) is 161 Å². The number of hydrogen-bond donors (Lipinski definition) is 1. The van der Waals surface area contributed by atoms with E-state index in [-0.39, 0.29) is 24.7 Å². The van der Waals surface area contributed by atoms with E-state index < -0.39 is 0 Å². The Morgan fingerprint density at radius 1 is 0.549 bits per heavy atom. The number of carbonyl (C=O) groups excluding carboxylic acids is 1. The van der Waals surface area contributed by atoms with Gasteiger partial charge in [0, 0.05) is 18.9 Å². The van der Waals surface area contributed by atoms with Gasteiger partial charge in [-0.1, -0.05) is 169 Å². The van der Waals surface area contributed by atoms with E-state index in [0.29, 0.717) is 6.42 Å². The monoisotopic (exact) mass is 722 g/mol. The van der Waals surface area contributed by atoms with Gasteiger partial charge in [0.15, 0.2) is 0 Å². The Labute approximate surface area is 319 Å². The molecule has 0 amide bonds. The van der Waals surface area contributed by atoms with Crippen molar-refractivity contribution in [3.63, 3.8) is 0 Å². The molecule has 0 aliphatic carbocycles. The van der Waals surface area contributed by atoms with Crippen LogP contribution in [0.5, 0.6) is 0 Å². The van der Waals surface area contributed by atoms with Gasteiger partial charge in [0.2, 0.25) is 0 Å². The molecule has 1 atom stereocenters. The smallest absolute Gasteiger partial charge is 0.306 e. The Morgan fingerprint density at radius 3 is 1.41 bits per heavy atom. The minimum Gasteiger partial charge on any atom is -0.499 e. The van der Waals surface area contributed by atoms with E-state index in [1.54, 1.807) is 0 Å². The Balaban J connectivity index is 4.05. The molecule has 5 heteroatoms. The van der Waals surface area contributed by atoms with Gasteiger partial charge in [0.1, 0.15) is 6.10 Å². The summed E-state index contributed by atoms with van der Waals surface area (Å²) < 4.78 is 11.9. The van der Waals surface area contributed by atoms with Crippen LogP contribution in [0.2, 0.25) is 0 Å². The van der Waals surface area contributed by atoms with Crippen LogP contribution in [0.25, 0.3) is 0 Å². The fourth-order valence-electron chi connectivity index (χ4n) is 7.11. The fourth-order valence-corrected chi connectivity index (χ4v) is 7.11. The molecule has 0 rings (SSSR count). The highest BCUT2D eigenvalue weighted by Gasteiger charge is 2.15. The first-order valence-corrected chi connectivity index (χ1v) is 22.8. The van der Waals surface area contributed by atoms with Crippen molar-refractivity contribution in [3.05, 3.63) is 12.3 Å². The first-order valence-electron chi connectivity index (χ1n) is 22.8. The lowest BCUT2D eigenvalue weighted by atomic mass is 10.0. The summed E-state index contributed by atoms with van der Waals surface area (Å²) >= 11 is 0. The van der Waals surface area contributed by atoms with E-state index >= 15 is 0 Å². The van der Waals surface area contributed by atoms with Crippen LogP contribution in [0.4, 0.5) is 0 Å². The number of esters is 1. The van der Waals surface area contributed by atoms with Crippen LogP contribution in [0, 0.1) is 0 Å². The molecule has 0 radical (unpaired) electrons. The molecular weight excluding hydrogens is 631 g/mol. The van der Waals surface area contributed by atoms with E-state index in [0.717, 1.165) is 70.4 Å². The number of unbranched alkanes of at least 4 members (excludes halogenated alkanes) is 24. The molecule has 5 nitrogen and oxygen atoms in total. The average Bonchev–Trinajstić information content (AvgIpc) is 3.13. The first kappa shape index (κ1) is 49.9. The minimum atomic E-state index is 0.0250. The van der Waals surface area contributed by atoms with Gasteiger partial charge < -0.3 is 14.6 Å². The number of nitrogens with zero attached hydrogens (tertiary/aromatic N) is 1. The zero-order valence-electron chi connectivity index (χ0n) is 35.1. The molecule has 1 unspecified atom stereocenters. The van der Waals surface area contributed by atoms with E-state index in [2.05, 4.69) is 39.2 Å². The van der Waals surface area contributed by atoms with Gasteiger partial charge in [-0.05, 0) is 77.8 Å². The Hall–Kier alpha value is -1.07. The fraction of sp³-hybridized carbons (Fsp3) is 0.935. The van der Waals surface area contributed by atoms with Crippen LogP contribution >= 0.6 is 0 Å². The summed E-state index contributed by atoms with van der Waals surface area (Å²) in [6, 6.07) is 0.220. The summed E-state index contributed by atoms with van der Waals surface area (Å²) in [5, 5.41) is 9.83. The second-order valence-electron chi connectivity index (χ2n) is 15.8. The normalized spacial score (nSPS) is 12.2. The van der Waals surface area contributed by atoms with Gasteiger partial charge in [0.25, 0.3) is 0 Å². The largest absolute Gasteiger partial charge is 0.499 e. The summed E-state index contributed by atoms with van der Waals surface area (Å²) in [6.45, 7) is 16.3. The molecule has 0 spiro atoms. The predicted octanol–water partition coefficient (Wildman–Crippen LogP) is 14.0. The third-order valence-electron chi connectivity index (χ3n) is 10.7. The number of aliphatic hydroxyl groups excluding tert-OH is 1. The number of allylic oxidation sites excluding steroid dienone is 1. The molecule has 0 bridgehead atoms. The van der Waals surface area contributed by atoms with Crippen molar-refractivity contribution >= 4 is 5.97 Å². The zero-order valence-corrected chi connectivity index (χ0v) is 35.1. The Kier molecular flexibility index (Phi) is 39.3. The van der Waals surface area contributed by atoms with Crippen LogP contribution in [-0.4, -0.2) is 54.4 Å². The average molecular weight is 722 g/mol. The lowest BCUT2D eigenvalue weighted by Gasteiger charge is -2.27. The van der Waals surface area contributed by atoms with Crippen molar-refractivity contribution in [2.45, 2.75) is 252 Å². The molecule has 51 heavy (non-hydrogen) atoms. The highest BCUT2D eigenvalue weighted by Crippen LogP contribution is 2.19. The Bertz CT molecular complexity index is 712. The molecule has 0 saturated carbocycles. The maximum absolute atomic E-state index is 12.7. The van der Waals surface area contributed by atoms with Crippen molar-refractivity contribution in [2.24, 2.45) is 0 Å². The lowest BCUT2D eigenvalue weighted by Crippen LogP contribution is -2.37. The van der Waals surface area contributed by atoms with Crippen molar-refractivity contribution < 1.29 is 19.4 Å². The van der Waals surface area contributed by atoms with Crippen LogP contribution < -0.4 is 0 Å². The maximum atomic E-state index is 12.7. The maximum Gasteiger partial charge on any atom is 0.306 e. The first-order chi connectivity index (χ1) is 25.0. The minimum absolute atomic E-state index is 0.0250. The topological polar surface area (TPSA) is 59.0 Å². The molecule has 0 aromatic heterocycles. The molecule has 0 fully saturated rings. The van der Waals surface area contributed by atoms with Crippen LogP contribution in [-0.2, 0) is 14.3 Å². The van der Waals surface area contributed by atoms with Crippen molar-refractivity contribution in [3.8, 4) is 0 Å². The van der Waals surface area contributed by atoms with Gasteiger partial charge >= 0.3 is 5.97 Å². The SMILES string of the molecule is C=C(CCCCCCCN(CCCCCCCC(=O)OC(CCCCCCCC)CCCCCCCC)C(C)CO)OCCCCCCCCC. The molecule has 0 saturated heterocycles. The highest BCUT2D eigenvalue weighted by molar-refractivity contribution is 5.69. The number of carbonyl (C=O) groups is 1. The van der Waals surface area contributed by atoms with Crippen molar-refractivity contribution in [2.75, 3.05) is 26.3 Å². The van der Waals surface area contributed by atoms with Crippen LogP contribution in [0.3, 0.4) is 0 Å². The Morgan fingerprint density at radius 2 is 0.941 bits per heavy atom. The summed E-state index contributed by atoms with van der Waals surface area (Å²) in [7, 11) is 0. The molecule has 0 aliphatic rings. The standard InChI is InChI=1S/C46H91NO4/c1-6-9-12-15-18-27-34-41-50-44(5)35-28-21-19-25-32-39-47(43(4)42-48)40-33-26-20-24-31-38-46(49)51-45(36-29-22-16-13-10-7-2)37-30-23-17-14-11-8-3/h43,45,48H,5-42H2,1-4H3. The second kappa shape index (κ2) is 40.1. The number of hydrogen-bond acceptors (Lipinski definition) is 5. The third-order valence-corrected chi connectivity index (χ3v) is 10.7. The van der Waals surface area contributed by atoms with E-state index in [4.69, 9.17) is 9.47 Å². The summed E-state index contributed by atoms with van der Waals surface area (Å²) in [6.07, 6.45) is 40.1. The van der Waals surface area contributed by atoms with Gasteiger partial charge in [0.05, 0.1) is 19.0 Å². The lowest BCUT2D eigenvalue weighted by molar-refractivity contribution is -0.150. The molecule has 0 aromatic carbocycles. The summed E-state index contributed by atoms with van der Waals surface area (Å²) in [5.74, 6) is 0.993.